The lowest BCUT2D eigenvalue weighted by molar-refractivity contribution is -0.384. The monoisotopic (exact) mass is 313 g/mol. The molecule has 1 amide bonds. The molecule has 0 heterocycles. The molecule has 116 valence electrons. The van der Waals surface area contributed by atoms with Crippen LogP contribution in [0.15, 0.2) is 12.1 Å². The van der Waals surface area contributed by atoms with E-state index in [2.05, 4.69) is 10.6 Å². The number of carbonyl (C=O) groups is 1. The Bertz CT molecular complexity index is 553. The molecule has 0 bridgehead atoms. The molecule has 0 spiro atoms. The SMILES string of the molecule is CCNc1c(Cl)cc(C(=O)NCC(C)(C)C)cc1[N+](=O)[O-]. The van der Waals surface area contributed by atoms with Crippen molar-refractivity contribution in [2.45, 2.75) is 27.7 Å². The Kier molecular flexibility index (Phi) is 5.54. The van der Waals surface area contributed by atoms with Gasteiger partial charge in [-0.3, -0.25) is 14.9 Å². The molecule has 0 unspecified atom stereocenters. The fourth-order valence-corrected chi connectivity index (χ4v) is 1.95. The normalized spacial score (nSPS) is 11.1. The highest BCUT2D eigenvalue weighted by Crippen LogP contribution is 2.33. The number of nitro benzene ring substituents is 1. The Balaban J connectivity index is 3.09. The summed E-state index contributed by atoms with van der Waals surface area (Å²) in [5.74, 6) is -0.377. The third-order valence-corrected chi connectivity index (χ3v) is 2.96. The minimum absolute atomic E-state index is 0.0743. The summed E-state index contributed by atoms with van der Waals surface area (Å²) in [4.78, 5) is 22.6. The van der Waals surface area contributed by atoms with E-state index in [4.69, 9.17) is 11.6 Å². The third-order valence-electron chi connectivity index (χ3n) is 2.66. The summed E-state index contributed by atoms with van der Waals surface area (Å²) in [6.45, 7) is 8.72. The smallest absolute Gasteiger partial charge is 0.294 e. The van der Waals surface area contributed by atoms with Gasteiger partial charge < -0.3 is 10.6 Å². The lowest BCUT2D eigenvalue weighted by Crippen LogP contribution is -2.32. The Morgan fingerprint density at radius 1 is 1.38 bits per heavy atom. The van der Waals surface area contributed by atoms with Gasteiger partial charge in [-0.1, -0.05) is 32.4 Å². The molecular formula is C14H20ClN3O3. The first-order valence-electron chi connectivity index (χ1n) is 6.65. The predicted octanol–water partition coefficient (Wildman–Crippen LogP) is 3.46. The summed E-state index contributed by atoms with van der Waals surface area (Å²) in [5.41, 5.74) is 0.133. The number of nitrogens with zero attached hydrogens (tertiary/aromatic N) is 1. The van der Waals surface area contributed by atoms with Gasteiger partial charge in [0, 0.05) is 24.7 Å². The number of halogens is 1. The van der Waals surface area contributed by atoms with Crippen LogP contribution in [0, 0.1) is 15.5 Å². The standard InChI is InChI=1S/C14H20ClN3O3/c1-5-16-12-10(15)6-9(7-11(12)18(20)21)13(19)17-8-14(2,3)4/h6-7,16H,5,8H2,1-4H3,(H,17,19). The van der Waals surface area contributed by atoms with Gasteiger partial charge in [-0.2, -0.15) is 0 Å². The molecular weight excluding hydrogens is 294 g/mol. The van der Waals surface area contributed by atoms with E-state index in [0.29, 0.717) is 13.1 Å². The summed E-state index contributed by atoms with van der Waals surface area (Å²) < 4.78 is 0. The van der Waals surface area contributed by atoms with Gasteiger partial charge in [0.1, 0.15) is 5.69 Å². The zero-order valence-electron chi connectivity index (χ0n) is 12.6. The molecule has 0 saturated carbocycles. The van der Waals surface area contributed by atoms with Crippen LogP contribution in [-0.2, 0) is 0 Å². The summed E-state index contributed by atoms with van der Waals surface area (Å²) in [6.07, 6.45) is 0. The van der Waals surface area contributed by atoms with Gasteiger partial charge in [0.15, 0.2) is 0 Å². The van der Waals surface area contributed by atoms with Gasteiger partial charge >= 0.3 is 0 Å². The first-order valence-corrected chi connectivity index (χ1v) is 7.03. The molecule has 0 radical (unpaired) electrons. The summed E-state index contributed by atoms with van der Waals surface area (Å²) >= 11 is 6.04. The topological polar surface area (TPSA) is 84.3 Å². The fourth-order valence-electron chi connectivity index (χ4n) is 1.67. The second kappa shape index (κ2) is 6.76. The number of nitrogens with one attached hydrogen (secondary N) is 2. The van der Waals surface area contributed by atoms with Crippen LogP contribution in [0.2, 0.25) is 5.02 Å². The van der Waals surface area contributed by atoms with Crippen molar-refractivity contribution in [3.05, 3.63) is 32.8 Å². The average molecular weight is 314 g/mol. The van der Waals surface area contributed by atoms with Gasteiger partial charge in [-0.25, -0.2) is 0 Å². The minimum atomic E-state index is -0.551. The van der Waals surface area contributed by atoms with E-state index < -0.39 is 4.92 Å². The lowest BCUT2D eigenvalue weighted by Gasteiger charge is -2.19. The maximum Gasteiger partial charge on any atom is 0.294 e. The van der Waals surface area contributed by atoms with Crippen molar-refractivity contribution in [2.24, 2.45) is 5.41 Å². The molecule has 7 heteroatoms. The van der Waals surface area contributed by atoms with Gasteiger partial charge in [0.25, 0.3) is 11.6 Å². The number of hydrogen-bond acceptors (Lipinski definition) is 4. The summed E-state index contributed by atoms with van der Waals surface area (Å²) in [6, 6.07) is 2.67. The maximum absolute atomic E-state index is 12.1. The summed E-state index contributed by atoms with van der Waals surface area (Å²) in [7, 11) is 0. The van der Waals surface area contributed by atoms with E-state index >= 15 is 0 Å². The molecule has 0 saturated heterocycles. The fraction of sp³-hybridized carbons (Fsp3) is 0.500. The van der Waals surface area contributed by atoms with E-state index in [1.54, 1.807) is 0 Å². The zero-order valence-corrected chi connectivity index (χ0v) is 13.4. The number of anilines is 1. The molecule has 0 aromatic heterocycles. The number of amides is 1. The molecule has 1 aromatic carbocycles. The Hall–Kier alpha value is -1.82. The predicted molar refractivity (Wildman–Crippen MR) is 84.1 cm³/mol. The van der Waals surface area contributed by atoms with Crippen molar-refractivity contribution in [1.29, 1.82) is 0 Å². The number of nitro groups is 1. The van der Waals surface area contributed by atoms with Crippen molar-refractivity contribution >= 4 is 28.9 Å². The van der Waals surface area contributed by atoms with Crippen LogP contribution in [0.1, 0.15) is 38.1 Å². The third kappa shape index (κ3) is 4.90. The van der Waals surface area contributed by atoms with E-state index in [9.17, 15) is 14.9 Å². The highest BCUT2D eigenvalue weighted by atomic mass is 35.5. The second-order valence-electron chi connectivity index (χ2n) is 5.88. The molecule has 0 aliphatic carbocycles. The number of rotatable bonds is 5. The maximum atomic E-state index is 12.1. The van der Waals surface area contributed by atoms with E-state index in [1.165, 1.54) is 12.1 Å². The molecule has 0 aliphatic heterocycles. The van der Waals surface area contributed by atoms with Crippen LogP contribution in [0.25, 0.3) is 0 Å². The van der Waals surface area contributed by atoms with E-state index in [0.717, 1.165) is 0 Å². The van der Waals surface area contributed by atoms with Crippen LogP contribution in [0.5, 0.6) is 0 Å². The highest BCUT2D eigenvalue weighted by molar-refractivity contribution is 6.34. The van der Waals surface area contributed by atoms with Crippen LogP contribution in [0.3, 0.4) is 0 Å². The Labute approximate surface area is 129 Å². The second-order valence-corrected chi connectivity index (χ2v) is 6.29. The molecule has 0 atom stereocenters. The molecule has 21 heavy (non-hydrogen) atoms. The number of hydrogen-bond donors (Lipinski definition) is 2. The van der Waals surface area contributed by atoms with Crippen LogP contribution < -0.4 is 10.6 Å². The van der Waals surface area contributed by atoms with Crippen molar-refractivity contribution in [2.75, 3.05) is 18.4 Å². The van der Waals surface area contributed by atoms with Crippen molar-refractivity contribution < 1.29 is 9.72 Å². The largest absolute Gasteiger partial charge is 0.379 e. The molecule has 0 aliphatic rings. The van der Waals surface area contributed by atoms with Crippen LogP contribution >= 0.6 is 11.6 Å². The Morgan fingerprint density at radius 2 is 2.00 bits per heavy atom. The first kappa shape index (κ1) is 17.2. The number of benzene rings is 1. The quantitative estimate of drug-likeness (QED) is 0.644. The van der Waals surface area contributed by atoms with E-state index in [1.807, 2.05) is 27.7 Å². The van der Waals surface area contributed by atoms with Crippen molar-refractivity contribution in [1.82, 2.24) is 5.32 Å². The lowest BCUT2D eigenvalue weighted by atomic mass is 9.97. The van der Waals surface area contributed by atoms with Gasteiger partial charge in [-0.15, -0.1) is 0 Å². The van der Waals surface area contributed by atoms with Gasteiger partial charge in [0.2, 0.25) is 0 Å². The first-order chi connectivity index (χ1) is 9.65. The van der Waals surface area contributed by atoms with E-state index in [-0.39, 0.29) is 33.3 Å². The average Bonchev–Trinajstić information content (AvgIpc) is 2.37. The molecule has 2 N–H and O–H groups in total. The van der Waals surface area contributed by atoms with Crippen LogP contribution in [-0.4, -0.2) is 23.9 Å². The van der Waals surface area contributed by atoms with Gasteiger partial charge in [0.05, 0.1) is 9.95 Å². The Morgan fingerprint density at radius 3 is 2.48 bits per heavy atom. The molecule has 0 fully saturated rings. The van der Waals surface area contributed by atoms with Crippen molar-refractivity contribution in [3.63, 3.8) is 0 Å². The van der Waals surface area contributed by atoms with Crippen LogP contribution in [0.4, 0.5) is 11.4 Å². The number of carbonyl (C=O) groups excluding carboxylic acids is 1. The van der Waals surface area contributed by atoms with Crippen molar-refractivity contribution in [3.8, 4) is 0 Å². The minimum Gasteiger partial charge on any atom is -0.379 e. The highest BCUT2D eigenvalue weighted by Gasteiger charge is 2.21. The zero-order chi connectivity index (χ0) is 16.2. The summed E-state index contributed by atoms with van der Waals surface area (Å²) in [5, 5.41) is 16.9. The molecule has 6 nitrogen and oxygen atoms in total. The molecule has 1 rings (SSSR count). The van der Waals surface area contributed by atoms with Gasteiger partial charge in [-0.05, 0) is 18.4 Å². The molecule has 1 aromatic rings.